The molecule has 3 nitrogen and oxygen atoms in total. The number of amides is 1. The van der Waals surface area contributed by atoms with Crippen molar-refractivity contribution < 1.29 is 4.79 Å². The van der Waals surface area contributed by atoms with Gasteiger partial charge in [0.25, 0.3) is 0 Å². The molecule has 72 valence electrons. The van der Waals surface area contributed by atoms with Crippen molar-refractivity contribution in [2.24, 2.45) is 0 Å². The van der Waals surface area contributed by atoms with Crippen LogP contribution in [0.5, 0.6) is 0 Å². The number of fused-ring (bicyclic) bond motifs is 1. The lowest BCUT2D eigenvalue weighted by molar-refractivity contribution is -0.117. The highest BCUT2D eigenvalue weighted by Gasteiger charge is 2.52. The first-order valence-electron chi connectivity index (χ1n) is 4.59. The van der Waals surface area contributed by atoms with Crippen molar-refractivity contribution >= 4 is 33.2 Å². The van der Waals surface area contributed by atoms with Crippen LogP contribution in [0.1, 0.15) is 12.8 Å². The maximum Gasteiger partial charge on any atom is 0.250 e. The number of carbonyl (C=O) groups excluding carboxylic acids is 1. The standard InChI is InChI=1S/C10H9BrN2O/c11-6-2-1-3-7-8(6)13-10(4-5-10)9(14)12-7/h1-3,13H,4-5H2,(H,12,14). The van der Waals surface area contributed by atoms with Gasteiger partial charge in [0.15, 0.2) is 0 Å². The van der Waals surface area contributed by atoms with Gasteiger partial charge < -0.3 is 10.6 Å². The van der Waals surface area contributed by atoms with Crippen molar-refractivity contribution in [3.8, 4) is 0 Å². The molecule has 1 aliphatic heterocycles. The number of halogens is 1. The number of para-hydroxylation sites is 1. The summed E-state index contributed by atoms with van der Waals surface area (Å²) in [5.74, 6) is 0.100. The van der Waals surface area contributed by atoms with E-state index in [2.05, 4.69) is 26.6 Å². The average molecular weight is 253 g/mol. The third-order valence-electron chi connectivity index (χ3n) is 2.81. The Morgan fingerprint density at radius 2 is 2.14 bits per heavy atom. The lowest BCUT2D eigenvalue weighted by atomic mass is 10.1. The molecule has 0 aromatic heterocycles. The smallest absolute Gasteiger partial charge is 0.250 e. The van der Waals surface area contributed by atoms with Crippen LogP contribution in [0, 0.1) is 0 Å². The molecule has 1 aromatic carbocycles. The summed E-state index contributed by atoms with van der Waals surface area (Å²) < 4.78 is 1.00. The summed E-state index contributed by atoms with van der Waals surface area (Å²) in [6.07, 6.45) is 1.86. The Morgan fingerprint density at radius 3 is 2.86 bits per heavy atom. The monoisotopic (exact) mass is 252 g/mol. The van der Waals surface area contributed by atoms with Crippen LogP contribution in [-0.2, 0) is 4.79 Å². The summed E-state index contributed by atoms with van der Waals surface area (Å²) in [6, 6.07) is 5.79. The van der Waals surface area contributed by atoms with Crippen LogP contribution < -0.4 is 10.6 Å². The number of anilines is 2. The zero-order valence-corrected chi connectivity index (χ0v) is 9.02. The highest BCUT2D eigenvalue weighted by molar-refractivity contribution is 9.10. The fraction of sp³-hybridized carbons (Fsp3) is 0.300. The molecule has 1 amide bonds. The molecule has 1 heterocycles. The van der Waals surface area contributed by atoms with Gasteiger partial charge in [0.2, 0.25) is 5.91 Å². The largest absolute Gasteiger partial charge is 0.369 e. The van der Waals surface area contributed by atoms with Gasteiger partial charge in [0.1, 0.15) is 5.54 Å². The zero-order chi connectivity index (χ0) is 9.76. The van der Waals surface area contributed by atoms with Crippen LogP contribution in [0.25, 0.3) is 0 Å². The van der Waals surface area contributed by atoms with Crippen LogP contribution in [0.4, 0.5) is 11.4 Å². The van der Waals surface area contributed by atoms with Gasteiger partial charge in [-0.1, -0.05) is 6.07 Å². The van der Waals surface area contributed by atoms with E-state index in [-0.39, 0.29) is 11.4 Å². The Labute approximate surface area is 90.0 Å². The second-order valence-electron chi connectivity index (χ2n) is 3.82. The third kappa shape index (κ3) is 1.00. The first-order chi connectivity index (χ1) is 6.71. The molecule has 1 spiro atoms. The molecule has 1 saturated carbocycles. The second-order valence-corrected chi connectivity index (χ2v) is 4.68. The Bertz CT molecular complexity index is 426. The van der Waals surface area contributed by atoms with E-state index in [0.717, 1.165) is 28.7 Å². The molecule has 4 heteroatoms. The summed E-state index contributed by atoms with van der Waals surface area (Å²) in [6.45, 7) is 0. The van der Waals surface area contributed by atoms with Crippen LogP contribution >= 0.6 is 15.9 Å². The minimum absolute atomic E-state index is 0.100. The van der Waals surface area contributed by atoms with Crippen LogP contribution in [-0.4, -0.2) is 11.4 Å². The van der Waals surface area contributed by atoms with Crippen molar-refractivity contribution in [2.75, 3.05) is 10.6 Å². The highest BCUT2D eigenvalue weighted by Crippen LogP contribution is 2.46. The Balaban J connectivity index is 2.11. The van der Waals surface area contributed by atoms with E-state index in [4.69, 9.17) is 0 Å². The number of hydrogen-bond acceptors (Lipinski definition) is 2. The minimum Gasteiger partial charge on any atom is -0.369 e. The number of nitrogens with one attached hydrogen (secondary N) is 2. The molecule has 14 heavy (non-hydrogen) atoms. The predicted molar refractivity (Wildman–Crippen MR) is 58.4 cm³/mol. The molecular weight excluding hydrogens is 244 g/mol. The fourth-order valence-corrected chi connectivity index (χ4v) is 2.24. The first kappa shape index (κ1) is 8.29. The molecule has 0 radical (unpaired) electrons. The van der Waals surface area contributed by atoms with Gasteiger partial charge in [0.05, 0.1) is 11.4 Å². The summed E-state index contributed by atoms with van der Waals surface area (Å²) in [5, 5.41) is 6.23. The van der Waals surface area contributed by atoms with E-state index in [1.54, 1.807) is 0 Å². The first-order valence-corrected chi connectivity index (χ1v) is 5.39. The number of carbonyl (C=O) groups is 1. The summed E-state index contributed by atoms with van der Waals surface area (Å²) in [5.41, 5.74) is 1.56. The van der Waals surface area contributed by atoms with E-state index in [1.807, 2.05) is 18.2 Å². The van der Waals surface area contributed by atoms with E-state index in [1.165, 1.54) is 0 Å². The SMILES string of the molecule is O=C1Nc2cccc(Br)c2NC12CC2. The lowest BCUT2D eigenvalue weighted by Gasteiger charge is -2.27. The summed E-state index contributed by atoms with van der Waals surface area (Å²) in [7, 11) is 0. The van der Waals surface area contributed by atoms with Gasteiger partial charge >= 0.3 is 0 Å². The number of benzene rings is 1. The molecule has 2 N–H and O–H groups in total. The van der Waals surface area contributed by atoms with Gasteiger partial charge in [-0.3, -0.25) is 4.79 Å². The quantitative estimate of drug-likeness (QED) is 0.745. The molecule has 0 atom stereocenters. The van der Waals surface area contributed by atoms with E-state index < -0.39 is 0 Å². The van der Waals surface area contributed by atoms with Crippen molar-refractivity contribution in [2.45, 2.75) is 18.4 Å². The van der Waals surface area contributed by atoms with Gasteiger partial charge in [-0.05, 0) is 40.9 Å². The molecule has 1 fully saturated rings. The van der Waals surface area contributed by atoms with Crippen molar-refractivity contribution in [3.05, 3.63) is 22.7 Å². The maximum absolute atomic E-state index is 11.7. The maximum atomic E-state index is 11.7. The molecule has 0 bridgehead atoms. The molecule has 0 saturated heterocycles. The summed E-state index contributed by atoms with van der Waals surface area (Å²) >= 11 is 3.47. The lowest BCUT2D eigenvalue weighted by Crippen LogP contribution is -2.41. The van der Waals surface area contributed by atoms with Gasteiger partial charge in [0, 0.05) is 4.47 Å². The molecule has 3 rings (SSSR count). The zero-order valence-electron chi connectivity index (χ0n) is 7.43. The number of hydrogen-bond donors (Lipinski definition) is 2. The number of rotatable bonds is 0. The Kier molecular flexibility index (Phi) is 1.49. The fourth-order valence-electron chi connectivity index (χ4n) is 1.77. The van der Waals surface area contributed by atoms with Crippen molar-refractivity contribution in [1.82, 2.24) is 0 Å². The molecule has 2 aliphatic rings. The van der Waals surface area contributed by atoms with Gasteiger partial charge in [-0.15, -0.1) is 0 Å². The van der Waals surface area contributed by atoms with E-state index >= 15 is 0 Å². The van der Waals surface area contributed by atoms with Gasteiger partial charge in [-0.25, -0.2) is 0 Å². The third-order valence-corrected chi connectivity index (χ3v) is 3.47. The topological polar surface area (TPSA) is 41.1 Å². The molecule has 1 aromatic rings. The van der Waals surface area contributed by atoms with Crippen LogP contribution in [0.2, 0.25) is 0 Å². The van der Waals surface area contributed by atoms with Crippen molar-refractivity contribution in [3.63, 3.8) is 0 Å². The van der Waals surface area contributed by atoms with Crippen LogP contribution in [0.15, 0.2) is 22.7 Å². The highest BCUT2D eigenvalue weighted by atomic mass is 79.9. The van der Waals surface area contributed by atoms with E-state index in [9.17, 15) is 4.79 Å². The minimum atomic E-state index is -0.309. The Hall–Kier alpha value is -1.03. The average Bonchev–Trinajstić information content (AvgIpc) is 2.91. The van der Waals surface area contributed by atoms with Gasteiger partial charge in [-0.2, -0.15) is 0 Å². The molecule has 1 aliphatic carbocycles. The predicted octanol–water partition coefficient (Wildman–Crippen LogP) is 2.35. The molecular formula is C10H9BrN2O. The Morgan fingerprint density at radius 1 is 1.36 bits per heavy atom. The normalized spacial score (nSPS) is 21.1. The van der Waals surface area contributed by atoms with Crippen LogP contribution in [0.3, 0.4) is 0 Å². The summed E-state index contributed by atoms with van der Waals surface area (Å²) in [4.78, 5) is 11.7. The van der Waals surface area contributed by atoms with E-state index in [0.29, 0.717) is 0 Å². The van der Waals surface area contributed by atoms with Crippen molar-refractivity contribution in [1.29, 1.82) is 0 Å². The second kappa shape index (κ2) is 2.51. The molecule has 0 unspecified atom stereocenters.